The maximum absolute atomic E-state index is 11.5. The average molecular weight is 238 g/mol. The van der Waals surface area contributed by atoms with Gasteiger partial charge in [-0.3, -0.25) is 0 Å². The van der Waals surface area contributed by atoms with Gasteiger partial charge >= 0.3 is 6.03 Å². The van der Waals surface area contributed by atoms with E-state index in [0.717, 1.165) is 5.75 Å². The number of benzene rings is 1. The fourth-order valence-corrected chi connectivity index (χ4v) is 1.36. The molecule has 1 aromatic carbocycles. The molecule has 0 aliphatic carbocycles. The summed E-state index contributed by atoms with van der Waals surface area (Å²) in [5, 5.41) is 5.47. The van der Waals surface area contributed by atoms with Gasteiger partial charge in [0.15, 0.2) is 0 Å². The zero-order chi connectivity index (χ0) is 12.7. The maximum atomic E-state index is 11.5. The molecule has 17 heavy (non-hydrogen) atoms. The van der Waals surface area contributed by atoms with Gasteiger partial charge in [-0.05, 0) is 31.2 Å². The van der Waals surface area contributed by atoms with Crippen LogP contribution in [0.15, 0.2) is 24.3 Å². The van der Waals surface area contributed by atoms with Crippen LogP contribution in [0.4, 0.5) is 10.5 Å². The highest BCUT2D eigenvalue weighted by atomic mass is 16.5. The van der Waals surface area contributed by atoms with Crippen molar-refractivity contribution in [2.75, 3.05) is 26.1 Å². The summed E-state index contributed by atoms with van der Waals surface area (Å²) in [5.41, 5.74) is 0.716. The SMILES string of the molecule is COC[C@@H](C)NC(=O)Nc1ccc(OC)cc1. The molecule has 0 aromatic heterocycles. The summed E-state index contributed by atoms with van der Waals surface area (Å²) in [6, 6.07) is 6.85. The number of carbonyl (C=O) groups excluding carboxylic acids is 1. The lowest BCUT2D eigenvalue weighted by molar-refractivity contribution is 0.173. The van der Waals surface area contributed by atoms with Gasteiger partial charge in [0.2, 0.25) is 0 Å². The van der Waals surface area contributed by atoms with Crippen molar-refractivity contribution in [3.05, 3.63) is 24.3 Å². The molecule has 0 spiro atoms. The Labute approximate surface area is 101 Å². The number of anilines is 1. The van der Waals surface area contributed by atoms with Crippen molar-refractivity contribution in [3.63, 3.8) is 0 Å². The van der Waals surface area contributed by atoms with Crippen LogP contribution in [0, 0.1) is 0 Å². The van der Waals surface area contributed by atoms with Gasteiger partial charge in [0.1, 0.15) is 5.75 Å². The van der Waals surface area contributed by atoms with Gasteiger partial charge in [0.25, 0.3) is 0 Å². The van der Waals surface area contributed by atoms with Crippen LogP contribution in [-0.2, 0) is 4.74 Å². The van der Waals surface area contributed by atoms with E-state index < -0.39 is 0 Å². The molecule has 0 radical (unpaired) electrons. The highest BCUT2D eigenvalue weighted by Crippen LogP contribution is 2.14. The highest BCUT2D eigenvalue weighted by molar-refractivity contribution is 5.89. The minimum absolute atomic E-state index is 0.0294. The van der Waals surface area contributed by atoms with Crippen LogP contribution in [0.25, 0.3) is 0 Å². The zero-order valence-corrected chi connectivity index (χ0v) is 10.3. The molecule has 2 N–H and O–H groups in total. The van der Waals surface area contributed by atoms with Gasteiger partial charge in [-0.25, -0.2) is 4.79 Å². The van der Waals surface area contributed by atoms with Crippen LogP contribution < -0.4 is 15.4 Å². The van der Waals surface area contributed by atoms with E-state index in [1.165, 1.54) is 0 Å². The number of urea groups is 1. The monoisotopic (exact) mass is 238 g/mol. The van der Waals surface area contributed by atoms with E-state index in [2.05, 4.69) is 10.6 Å². The van der Waals surface area contributed by atoms with Crippen LogP contribution >= 0.6 is 0 Å². The molecule has 0 fully saturated rings. The predicted octanol–water partition coefficient (Wildman–Crippen LogP) is 1.85. The number of ether oxygens (including phenoxy) is 2. The summed E-state index contributed by atoms with van der Waals surface area (Å²) in [4.78, 5) is 11.5. The van der Waals surface area contributed by atoms with Crippen LogP contribution in [0.1, 0.15) is 6.92 Å². The summed E-state index contributed by atoms with van der Waals surface area (Å²) < 4.78 is 9.95. The molecule has 0 saturated carbocycles. The second-order valence-corrected chi connectivity index (χ2v) is 3.68. The largest absolute Gasteiger partial charge is 0.497 e. The first-order valence-electron chi connectivity index (χ1n) is 5.36. The van der Waals surface area contributed by atoms with Crippen molar-refractivity contribution < 1.29 is 14.3 Å². The van der Waals surface area contributed by atoms with Gasteiger partial charge in [-0.1, -0.05) is 0 Å². The van der Waals surface area contributed by atoms with Crippen molar-refractivity contribution in [3.8, 4) is 5.75 Å². The molecule has 0 aliphatic rings. The molecule has 1 rings (SSSR count). The number of methoxy groups -OCH3 is 2. The Kier molecular flexibility index (Phi) is 5.29. The maximum Gasteiger partial charge on any atom is 0.319 e. The van der Waals surface area contributed by atoms with Crippen LogP contribution in [0.3, 0.4) is 0 Å². The lowest BCUT2D eigenvalue weighted by Crippen LogP contribution is -2.38. The lowest BCUT2D eigenvalue weighted by atomic mass is 10.3. The van der Waals surface area contributed by atoms with E-state index in [9.17, 15) is 4.79 Å². The second-order valence-electron chi connectivity index (χ2n) is 3.68. The summed E-state index contributed by atoms with van der Waals surface area (Å²) in [6.45, 7) is 2.35. The number of carbonyl (C=O) groups is 1. The highest BCUT2D eigenvalue weighted by Gasteiger charge is 2.06. The second kappa shape index (κ2) is 6.75. The van der Waals surface area contributed by atoms with E-state index in [4.69, 9.17) is 9.47 Å². The molecule has 1 atom stereocenters. The first-order chi connectivity index (χ1) is 8.15. The molecule has 0 heterocycles. The summed E-state index contributed by atoms with van der Waals surface area (Å²) >= 11 is 0. The number of nitrogens with one attached hydrogen (secondary N) is 2. The smallest absolute Gasteiger partial charge is 0.319 e. The Morgan fingerprint density at radius 2 is 1.94 bits per heavy atom. The number of hydrogen-bond acceptors (Lipinski definition) is 3. The molecule has 5 heteroatoms. The number of rotatable bonds is 5. The fourth-order valence-electron chi connectivity index (χ4n) is 1.36. The fraction of sp³-hybridized carbons (Fsp3) is 0.417. The summed E-state index contributed by atoms with van der Waals surface area (Å²) in [5.74, 6) is 0.753. The Bertz CT molecular complexity index is 351. The minimum atomic E-state index is -0.250. The topological polar surface area (TPSA) is 59.6 Å². The number of hydrogen-bond donors (Lipinski definition) is 2. The average Bonchev–Trinajstić information content (AvgIpc) is 2.30. The Morgan fingerprint density at radius 3 is 2.47 bits per heavy atom. The van der Waals surface area contributed by atoms with Crippen molar-refractivity contribution in [1.29, 1.82) is 0 Å². The van der Waals surface area contributed by atoms with Gasteiger partial charge in [-0.15, -0.1) is 0 Å². The summed E-state index contributed by atoms with van der Waals surface area (Å²) in [7, 11) is 3.20. The third-order valence-corrected chi connectivity index (χ3v) is 2.14. The van der Waals surface area contributed by atoms with E-state index in [-0.39, 0.29) is 12.1 Å². The Hall–Kier alpha value is -1.75. The number of amides is 2. The van der Waals surface area contributed by atoms with Crippen LogP contribution in [0.5, 0.6) is 5.75 Å². The standard InChI is InChI=1S/C12H18N2O3/c1-9(8-16-2)13-12(15)14-10-4-6-11(17-3)7-5-10/h4-7,9H,8H2,1-3H3,(H2,13,14,15)/t9-/m1/s1. The van der Waals surface area contributed by atoms with Gasteiger partial charge in [0.05, 0.1) is 19.8 Å². The third kappa shape index (κ3) is 4.74. The first-order valence-corrected chi connectivity index (χ1v) is 5.36. The molecule has 0 saturated heterocycles. The molecule has 0 unspecified atom stereocenters. The molecular formula is C12H18N2O3. The third-order valence-electron chi connectivity index (χ3n) is 2.14. The Morgan fingerprint density at radius 1 is 1.29 bits per heavy atom. The molecule has 0 bridgehead atoms. The van der Waals surface area contributed by atoms with Crippen LogP contribution in [0.2, 0.25) is 0 Å². The zero-order valence-electron chi connectivity index (χ0n) is 10.3. The van der Waals surface area contributed by atoms with E-state index >= 15 is 0 Å². The molecule has 1 aromatic rings. The minimum Gasteiger partial charge on any atom is -0.497 e. The van der Waals surface area contributed by atoms with E-state index in [1.54, 1.807) is 38.5 Å². The van der Waals surface area contributed by atoms with Gasteiger partial charge < -0.3 is 20.1 Å². The normalized spacial score (nSPS) is 11.7. The lowest BCUT2D eigenvalue weighted by Gasteiger charge is -2.13. The summed E-state index contributed by atoms with van der Waals surface area (Å²) in [6.07, 6.45) is 0. The quantitative estimate of drug-likeness (QED) is 0.823. The van der Waals surface area contributed by atoms with Crippen molar-refractivity contribution in [2.45, 2.75) is 13.0 Å². The van der Waals surface area contributed by atoms with Crippen molar-refractivity contribution in [1.82, 2.24) is 5.32 Å². The molecular weight excluding hydrogens is 220 g/mol. The molecule has 94 valence electrons. The van der Waals surface area contributed by atoms with Crippen molar-refractivity contribution >= 4 is 11.7 Å². The predicted molar refractivity (Wildman–Crippen MR) is 66.5 cm³/mol. The van der Waals surface area contributed by atoms with Crippen molar-refractivity contribution in [2.24, 2.45) is 0 Å². The Balaban J connectivity index is 2.44. The van der Waals surface area contributed by atoms with E-state index in [0.29, 0.717) is 12.3 Å². The van der Waals surface area contributed by atoms with E-state index in [1.807, 2.05) is 6.92 Å². The van der Waals surface area contributed by atoms with Gasteiger partial charge in [0, 0.05) is 12.8 Å². The van der Waals surface area contributed by atoms with Crippen LogP contribution in [-0.4, -0.2) is 32.9 Å². The molecule has 5 nitrogen and oxygen atoms in total. The van der Waals surface area contributed by atoms with Gasteiger partial charge in [-0.2, -0.15) is 0 Å². The molecule has 0 aliphatic heterocycles. The molecule has 2 amide bonds. The first kappa shape index (κ1) is 13.3.